The van der Waals surface area contributed by atoms with Crippen LogP contribution < -0.4 is 5.32 Å². The summed E-state index contributed by atoms with van der Waals surface area (Å²) in [5, 5.41) is 5.00. The zero-order chi connectivity index (χ0) is 20.9. The normalized spacial score (nSPS) is 18.2. The number of ether oxygens (including phenoxy) is 1. The van der Waals surface area contributed by atoms with E-state index < -0.39 is 5.92 Å². The Bertz CT molecular complexity index is 1010. The van der Waals surface area contributed by atoms with E-state index in [1.807, 2.05) is 53.9 Å². The molecule has 2 amide bonds. The lowest BCUT2D eigenvalue weighted by Crippen LogP contribution is -2.48. The van der Waals surface area contributed by atoms with Crippen LogP contribution in [0.25, 0.3) is 0 Å². The lowest BCUT2D eigenvalue weighted by atomic mass is 9.81. The molecule has 1 aromatic carbocycles. The monoisotopic (exact) mass is 421 g/mol. The van der Waals surface area contributed by atoms with E-state index in [4.69, 9.17) is 4.74 Å². The van der Waals surface area contributed by atoms with E-state index in [-0.39, 0.29) is 17.9 Å². The number of hydrogen-bond donors (Lipinski definition) is 1. The first-order valence-corrected chi connectivity index (χ1v) is 10.7. The molecule has 4 rings (SSSR count). The molecule has 0 fully saturated rings. The Balaban J connectivity index is 1.72. The van der Waals surface area contributed by atoms with Crippen LogP contribution in [0.2, 0.25) is 0 Å². The minimum atomic E-state index is -0.516. The van der Waals surface area contributed by atoms with E-state index in [0.717, 1.165) is 16.1 Å². The molecule has 3 aromatic rings. The van der Waals surface area contributed by atoms with Crippen molar-refractivity contribution in [3.8, 4) is 0 Å². The van der Waals surface area contributed by atoms with Gasteiger partial charge in [-0.2, -0.15) is 0 Å². The van der Waals surface area contributed by atoms with Crippen LogP contribution in [0.15, 0.2) is 66.2 Å². The quantitative estimate of drug-likeness (QED) is 0.635. The maximum absolute atomic E-state index is 13.5. The molecule has 1 aliphatic heterocycles. The SMILES string of the molecule is COCCN1C(=O)c2ccccc2[C@@H](C(=O)NCc2ccccn2)[C@@H]1c1cccs1. The Hall–Kier alpha value is -3.03. The Labute approximate surface area is 179 Å². The summed E-state index contributed by atoms with van der Waals surface area (Å²) in [6, 6.07) is 16.5. The molecular weight excluding hydrogens is 398 g/mol. The number of pyridine rings is 1. The molecule has 0 unspecified atom stereocenters. The summed E-state index contributed by atoms with van der Waals surface area (Å²) in [6.07, 6.45) is 1.71. The zero-order valence-electron chi connectivity index (χ0n) is 16.7. The van der Waals surface area contributed by atoms with Gasteiger partial charge in [0.05, 0.1) is 30.8 Å². The Morgan fingerprint density at radius 2 is 2.00 bits per heavy atom. The minimum Gasteiger partial charge on any atom is -0.383 e. The molecule has 0 aliphatic carbocycles. The molecule has 0 spiro atoms. The number of thiophene rings is 1. The molecule has 1 aliphatic rings. The van der Waals surface area contributed by atoms with E-state index in [1.165, 1.54) is 0 Å². The largest absolute Gasteiger partial charge is 0.383 e. The van der Waals surface area contributed by atoms with Gasteiger partial charge in [0.25, 0.3) is 5.91 Å². The molecular formula is C23H23N3O3S. The number of aromatic nitrogens is 1. The van der Waals surface area contributed by atoms with Gasteiger partial charge in [0.2, 0.25) is 5.91 Å². The van der Waals surface area contributed by atoms with Crippen molar-refractivity contribution in [2.24, 2.45) is 0 Å². The van der Waals surface area contributed by atoms with E-state index in [0.29, 0.717) is 25.3 Å². The summed E-state index contributed by atoms with van der Waals surface area (Å²) >= 11 is 1.55. The molecule has 6 nitrogen and oxygen atoms in total. The molecule has 0 bridgehead atoms. The van der Waals surface area contributed by atoms with Gasteiger partial charge in [-0.3, -0.25) is 14.6 Å². The van der Waals surface area contributed by atoms with Crippen molar-refractivity contribution < 1.29 is 14.3 Å². The van der Waals surface area contributed by atoms with Crippen molar-refractivity contribution >= 4 is 23.2 Å². The highest BCUT2D eigenvalue weighted by Gasteiger charge is 2.44. The average Bonchev–Trinajstić information content (AvgIpc) is 3.32. The van der Waals surface area contributed by atoms with Crippen LogP contribution in [0.1, 0.15) is 38.5 Å². The predicted octanol–water partition coefficient (Wildman–Crippen LogP) is 3.39. The second kappa shape index (κ2) is 9.19. The molecule has 2 atom stereocenters. The Morgan fingerprint density at radius 3 is 2.73 bits per heavy atom. The summed E-state index contributed by atoms with van der Waals surface area (Å²) in [7, 11) is 1.61. The van der Waals surface area contributed by atoms with Crippen LogP contribution in [0, 0.1) is 0 Å². The summed E-state index contributed by atoms with van der Waals surface area (Å²) in [5.74, 6) is -0.714. The van der Waals surface area contributed by atoms with E-state index >= 15 is 0 Å². The number of fused-ring (bicyclic) bond motifs is 1. The summed E-state index contributed by atoms with van der Waals surface area (Å²) in [5.41, 5.74) is 2.11. The van der Waals surface area contributed by atoms with Gasteiger partial charge < -0.3 is 15.0 Å². The standard InChI is InChI=1S/C23H23N3O3S/c1-29-13-12-26-21(19-10-6-14-30-19)20(17-8-2-3-9-18(17)23(26)28)22(27)25-15-16-7-4-5-11-24-16/h2-11,14,20-21H,12-13,15H2,1H3,(H,25,27)/t20-,21+/m1/s1. The van der Waals surface area contributed by atoms with Gasteiger partial charge in [0, 0.05) is 30.3 Å². The van der Waals surface area contributed by atoms with Crippen LogP contribution in [0.4, 0.5) is 0 Å². The number of amides is 2. The van der Waals surface area contributed by atoms with Gasteiger partial charge >= 0.3 is 0 Å². The van der Waals surface area contributed by atoms with Crippen molar-refractivity contribution in [2.75, 3.05) is 20.3 Å². The molecule has 30 heavy (non-hydrogen) atoms. The molecule has 2 aromatic heterocycles. The van der Waals surface area contributed by atoms with Crippen LogP contribution in [0.3, 0.4) is 0 Å². The first kappa shape index (κ1) is 20.3. The topological polar surface area (TPSA) is 71.5 Å². The number of benzene rings is 1. The first-order valence-electron chi connectivity index (χ1n) is 9.80. The molecule has 154 valence electrons. The van der Waals surface area contributed by atoms with Crippen molar-refractivity contribution in [1.29, 1.82) is 0 Å². The van der Waals surface area contributed by atoms with Crippen LogP contribution >= 0.6 is 11.3 Å². The molecule has 0 radical (unpaired) electrons. The summed E-state index contributed by atoms with van der Waals surface area (Å²) < 4.78 is 5.25. The molecule has 0 saturated carbocycles. The van der Waals surface area contributed by atoms with Crippen molar-refractivity contribution in [3.05, 3.63) is 87.9 Å². The maximum atomic E-state index is 13.5. The van der Waals surface area contributed by atoms with Crippen LogP contribution in [-0.2, 0) is 16.1 Å². The molecule has 1 N–H and O–H groups in total. The second-order valence-electron chi connectivity index (χ2n) is 7.06. The second-order valence-corrected chi connectivity index (χ2v) is 8.03. The van der Waals surface area contributed by atoms with E-state index in [9.17, 15) is 9.59 Å². The lowest BCUT2D eigenvalue weighted by Gasteiger charge is -2.41. The van der Waals surface area contributed by atoms with E-state index in [2.05, 4.69) is 10.3 Å². The number of methoxy groups -OCH3 is 1. The van der Waals surface area contributed by atoms with Crippen LogP contribution in [-0.4, -0.2) is 42.0 Å². The third-order valence-electron chi connectivity index (χ3n) is 5.26. The fourth-order valence-corrected chi connectivity index (χ4v) is 4.75. The van der Waals surface area contributed by atoms with Gasteiger partial charge in [-0.15, -0.1) is 11.3 Å². The fourth-order valence-electron chi connectivity index (χ4n) is 3.88. The number of rotatable bonds is 7. The third-order valence-corrected chi connectivity index (χ3v) is 6.20. The van der Waals surface area contributed by atoms with Gasteiger partial charge in [-0.1, -0.05) is 30.3 Å². The highest BCUT2D eigenvalue weighted by molar-refractivity contribution is 7.10. The average molecular weight is 422 g/mol. The van der Waals surface area contributed by atoms with Crippen molar-refractivity contribution in [2.45, 2.75) is 18.5 Å². The van der Waals surface area contributed by atoms with Gasteiger partial charge in [-0.05, 0) is 35.2 Å². The van der Waals surface area contributed by atoms with Crippen LogP contribution in [0.5, 0.6) is 0 Å². The summed E-state index contributed by atoms with van der Waals surface area (Å²) in [4.78, 5) is 33.8. The maximum Gasteiger partial charge on any atom is 0.254 e. The number of nitrogens with zero attached hydrogens (tertiary/aromatic N) is 2. The lowest BCUT2D eigenvalue weighted by molar-refractivity contribution is -0.124. The molecule has 3 heterocycles. The Morgan fingerprint density at radius 1 is 1.17 bits per heavy atom. The van der Waals surface area contributed by atoms with Gasteiger partial charge in [0.15, 0.2) is 0 Å². The van der Waals surface area contributed by atoms with Gasteiger partial charge in [-0.25, -0.2) is 0 Å². The zero-order valence-corrected chi connectivity index (χ0v) is 17.5. The summed E-state index contributed by atoms with van der Waals surface area (Å²) in [6.45, 7) is 1.15. The number of carbonyl (C=O) groups excluding carboxylic acids is 2. The number of nitrogens with one attached hydrogen (secondary N) is 1. The number of hydrogen-bond acceptors (Lipinski definition) is 5. The third kappa shape index (κ3) is 3.99. The van der Waals surface area contributed by atoms with Gasteiger partial charge in [0.1, 0.15) is 0 Å². The smallest absolute Gasteiger partial charge is 0.254 e. The highest BCUT2D eigenvalue weighted by Crippen LogP contribution is 2.44. The van der Waals surface area contributed by atoms with Crippen molar-refractivity contribution in [1.82, 2.24) is 15.2 Å². The van der Waals surface area contributed by atoms with E-state index in [1.54, 1.807) is 35.6 Å². The molecule has 7 heteroatoms. The highest BCUT2D eigenvalue weighted by atomic mass is 32.1. The fraction of sp³-hybridized carbons (Fsp3) is 0.261. The predicted molar refractivity (Wildman–Crippen MR) is 115 cm³/mol. The number of carbonyl (C=O) groups is 2. The molecule has 0 saturated heterocycles. The van der Waals surface area contributed by atoms with Crippen molar-refractivity contribution in [3.63, 3.8) is 0 Å². The minimum absolute atomic E-state index is 0.0742. The first-order chi connectivity index (χ1) is 14.7. The Kier molecular flexibility index (Phi) is 6.21.